The maximum atomic E-state index is 12.0. The fourth-order valence-corrected chi connectivity index (χ4v) is 1.66. The Labute approximate surface area is 91.2 Å². The van der Waals surface area contributed by atoms with Gasteiger partial charge in [0.1, 0.15) is 0 Å². The lowest BCUT2D eigenvalue weighted by atomic mass is 9.68. The topological polar surface area (TPSA) is 75.3 Å². The van der Waals surface area contributed by atoms with E-state index in [4.69, 9.17) is 5.73 Å². The zero-order valence-corrected chi connectivity index (χ0v) is 9.84. The molecule has 0 heterocycles. The zero-order valence-electron chi connectivity index (χ0n) is 9.84. The van der Waals surface area contributed by atoms with Crippen LogP contribution in [0.2, 0.25) is 0 Å². The van der Waals surface area contributed by atoms with Crippen molar-refractivity contribution in [2.24, 2.45) is 11.1 Å². The Balaban J connectivity index is 2.62. The van der Waals surface area contributed by atoms with Gasteiger partial charge in [-0.1, -0.05) is 6.42 Å². The zero-order chi connectivity index (χ0) is 11.7. The van der Waals surface area contributed by atoms with Gasteiger partial charge in [-0.2, -0.15) is 0 Å². The summed E-state index contributed by atoms with van der Waals surface area (Å²) in [7, 11) is 0. The Morgan fingerprint density at radius 3 is 2.40 bits per heavy atom. The van der Waals surface area contributed by atoms with Gasteiger partial charge in [-0.3, -0.25) is 4.79 Å². The van der Waals surface area contributed by atoms with Crippen molar-refractivity contribution in [3.63, 3.8) is 0 Å². The van der Waals surface area contributed by atoms with Gasteiger partial charge >= 0.3 is 0 Å². The van der Waals surface area contributed by atoms with Crippen LogP contribution in [0.1, 0.15) is 40.0 Å². The third-order valence-corrected chi connectivity index (χ3v) is 3.66. The van der Waals surface area contributed by atoms with Crippen molar-refractivity contribution in [2.75, 3.05) is 6.54 Å². The highest BCUT2D eigenvalue weighted by atomic mass is 16.3. The molecule has 1 aliphatic rings. The fourth-order valence-electron chi connectivity index (χ4n) is 1.66. The molecular weight excluding hydrogens is 192 g/mol. The highest BCUT2D eigenvalue weighted by molar-refractivity contribution is 5.84. The highest BCUT2D eigenvalue weighted by Crippen LogP contribution is 2.40. The van der Waals surface area contributed by atoms with Gasteiger partial charge in [0.05, 0.1) is 17.1 Å². The lowest BCUT2D eigenvalue weighted by Crippen LogP contribution is -2.59. The molecule has 15 heavy (non-hydrogen) atoms. The van der Waals surface area contributed by atoms with E-state index >= 15 is 0 Å². The summed E-state index contributed by atoms with van der Waals surface area (Å²) in [4.78, 5) is 12.0. The van der Waals surface area contributed by atoms with Gasteiger partial charge in [-0.05, 0) is 33.6 Å². The van der Waals surface area contributed by atoms with Crippen LogP contribution in [-0.4, -0.2) is 29.2 Å². The van der Waals surface area contributed by atoms with Gasteiger partial charge in [-0.25, -0.2) is 0 Å². The molecular formula is C11H22N2O2. The first kappa shape index (κ1) is 12.5. The number of nitrogens with one attached hydrogen (secondary N) is 1. The van der Waals surface area contributed by atoms with Crippen LogP contribution in [0.4, 0.5) is 0 Å². The van der Waals surface area contributed by atoms with Crippen molar-refractivity contribution in [3.05, 3.63) is 0 Å². The maximum Gasteiger partial charge on any atom is 0.227 e. The molecule has 1 unspecified atom stereocenters. The molecule has 88 valence electrons. The van der Waals surface area contributed by atoms with Crippen LogP contribution < -0.4 is 11.1 Å². The second-order valence-corrected chi connectivity index (χ2v) is 5.19. The summed E-state index contributed by atoms with van der Waals surface area (Å²) in [5, 5.41) is 12.4. The SMILES string of the molecule is CC(O)C(C)(C)NC(=O)C1(CN)CCC1. The molecule has 0 aliphatic heterocycles. The molecule has 1 aliphatic carbocycles. The predicted octanol–water partition coefficient (Wildman–Crippen LogP) is 0.391. The molecule has 0 bridgehead atoms. The standard InChI is InChI=1S/C11H22N2O2/c1-8(14)10(2,3)13-9(15)11(7-12)5-4-6-11/h8,14H,4-7,12H2,1-3H3,(H,13,15). The van der Waals surface area contributed by atoms with Crippen LogP contribution in [0.25, 0.3) is 0 Å². The van der Waals surface area contributed by atoms with Gasteiger partial charge in [0.25, 0.3) is 0 Å². The van der Waals surface area contributed by atoms with Crippen molar-refractivity contribution in [1.29, 1.82) is 0 Å². The number of carbonyl (C=O) groups excluding carboxylic acids is 1. The molecule has 0 aromatic heterocycles. The molecule has 1 saturated carbocycles. The molecule has 4 nitrogen and oxygen atoms in total. The summed E-state index contributed by atoms with van der Waals surface area (Å²) in [5.41, 5.74) is 4.68. The number of aliphatic hydroxyl groups excluding tert-OH is 1. The van der Waals surface area contributed by atoms with E-state index in [-0.39, 0.29) is 11.3 Å². The first-order valence-corrected chi connectivity index (χ1v) is 5.55. The maximum absolute atomic E-state index is 12.0. The molecule has 0 aromatic rings. The minimum atomic E-state index is -0.588. The molecule has 1 rings (SSSR count). The summed E-state index contributed by atoms with van der Waals surface area (Å²) in [6.07, 6.45) is 2.23. The van der Waals surface area contributed by atoms with Crippen LogP contribution in [0.15, 0.2) is 0 Å². The second-order valence-electron chi connectivity index (χ2n) is 5.19. The number of hydrogen-bond acceptors (Lipinski definition) is 3. The molecule has 1 amide bonds. The molecule has 4 heteroatoms. The van der Waals surface area contributed by atoms with Crippen LogP contribution in [-0.2, 0) is 4.79 Å². The van der Waals surface area contributed by atoms with Crippen molar-refractivity contribution in [2.45, 2.75) is 51.7 Å². The van der Waals surface area contributed by atoms with E-state index in [1.165, 1.54) is 0 Å². The van der Waals surface area contributed by atoms with E-state index in [9.17, 15) is 9.90 Å². The third kappa shape index (κ3) is 2.32. The lowest BCUT2D eigenvalue weighted by molar-refractivity contribution is -0.138. The average molecular weight is 214 g/mol. The predicted molar refractivity (Wildman–Crippen MR) is 59.2 cm³/mol. The Morgan fingerprint density at radius 2 is 2.13 bits per heavy atom. The largest absolute Gasteiger partial charge is 0.391 e. The molecule has 0 radical (unpaired) electrons. The van der Waals surface area contributed by atoms with E-state index < -0.39 is 11.6 Å². The number of aliphatic hydroxyl groups is 1. The minimum Gasteiger partial charge on any atom is -0.391 e. The van der Waals surface area contributed by atoms with E-state index in [1.807, 2.05) is 13.8 Å². The minimum absolute atomic E-state index is 0.0119. The second kappa shape index (κ2) is 4.10. The fraction of sp³-hybridized carbons (Fsp3) is 0.909. The highest BCUT2D eigenvalue weighted by Gasteiger charge is 2.44. The summed E-state index contributed by atoms with van der Waals surface area (Å²) in [5.74, 6) is -0.0119. The number of nitrogens with two attached hydrogens (primary N) is 1. The smallest absolute Gasteiger partial charge is 0.227 e. The van der Waals surface area contributed by atoms with Crippen LogP contribution in [0.3, 0.4) is 0 Å². The van der Waals surface area contributed by atoms with Gasteiger partial charge in [0, 0.05) is 6.54 Å². The molecule has 4 N–H and O–H groups in total. The monoisotopic (exact) mass is 214 g/mol. The number of rotatable bonds is 4. The summed E-state index contributed by atoms with van der Waals surface area (Å²) in [6.45, 7) is 5.71. The van der Waals surface area contributed by atoms with Crippen LogP contribution in [0.5, 0.6) is 0 Å². The van der Waals surface area contributed by atoms with E-state index in [2.05, 4.69) is 5.32 Å². The Kier molecular flexibility index (Phi) is 3.41. The van der Waals surface area contributed by atoms with Crippen LogP contribution >= 0.6 is 0 Å². The molecule has 0 saturated heterocycles. The lowest BCUT2D eigenvalue weighted by Gasteiger charge is -2.42. The van der Waals surface area contributed by atoms with E-state index in [0.29, 0.717) is 6.54 Å². The van der Waals surface area contributed by atoms with Gasteiger partial charge in [0.15, 0.2) is 0 Å². The van der Waals surface area contributed by atoms with Crippen LogP contribution in [0, 0.1) is 5.41 Å². The summed E-state index contributed by atoms with van der Waals surface area (Å²) in [6, 6.07) is 0. The van der Waals surface area contributed by atoms with Crippen molar-refractivity contribution >= 4 is 5.91 Å². The summed E-state index contributed by atoms with van der Waals surface area (Å²) >= 11 is 0. The number of hydrogen-bond donors (Lipinski definition) is 3. The summed E-state index contributed by atoms with van der Waals surface area (Å²) < 4.78 is 0. The first-order valence-electron chi connectivity index (χ1n) is 5.55. The Hall–Kier alpha value is -0.610. The Bertz CT molecular complexity index is 239. The molecule has 1 atom stereocenters. The van der Waals surface area contributed by atoms with Gasteiger partial charge < -0.3 is 16.2 Å². The average Bonchev–Trinajstić information content (AvgIpc) is 2.01. The Morgan fingerprint density at radius 1 is 1.60 bits per heavy atom. The number of amides is 1. The number of carbonyl (C=O) groups is 1. The van der Waals surface area contributed by atoms with Crippen molar-refractivity contribution in [3.8, 4) is 0 Å². The first-order chi connectivity index (χ1) is 6.84. The molecule has 0 spiro atoms. The van der Waals surface area contributed by atoms with E-state index in [1.54, 1.807) is 6.92 Å². The van der Waals surface area contributed by atoms with Crippen molar-refractivity contribution < 1.29 is 9.90 Å². The normalized spacial score (nSPS) is 21.7. The van der Waals surface area contributed by atoms with E-state index in [0.717, 1.165) is 19.3 Å². The quantitative estimate of drug-likeness (QED) is 0.633. The van der Waals surface area contributed by atoms with Gasteiger partial charge in [0.2, 0.25) is 5.91 Å². The third-order valence-electron chi connectivity index (χ3n) is 3.66. The van der Waals surface area contributed by atoms with Crippen molar-refractivity contribution in [1.82, 2.24) is 5.32 Å². The molecule has 1 fully saturated rings. The molecule has 0 aromatic carbocycles. The van der Waals surface area contributed by atoms with Gasteiger partial charge in [-0.15, -0.1) is 0 Å².